The predicted molar refractivity (Wildman–Crippen MR) is 68.3 cm³/mol. The molecule has 0 radical (unpaired) electrons. The Labute approximate surface area is 111 Å². The van der Waals surface area contributed by atoms with E-state index in [1.54, 1.807) is 6.07 Å². The molecule has 6 heteroatoms. The van der Waals surface area contributed by atoms with Gasteiger partial charge in [-0.05, 0) is 32.3 Å². The van der Waals surface area contributed by atoms with Gasteiger partial charge in [0, 0.05) is 30.2 Å². The van der Waals surface area contributed by atoms with Gasteiger partial charge in [0.2, 0.25) is 0 Å². The summed E-state index contributed by atoms with van der Waals surface area (Å²) >= 11 is 5.84. The van der Waals surface area contributed by atoms with Crippen LogP contribution in [0.15, 0.2) is 18.2 Å². The van der Waals surface area contributed by atoms with Crippen LogP contribution in [0, 0.1) is 0 Å². The van der Waals surface area contributed by atoms with Crippen LogP contribution in [0.3, 0.4) is 0 Å². The van der Waals surface area contributed by atoms with Crippen molar-refractivity contribution in [3.63, 3.8) is 0 Å². The summed E-state index contributed by atoms with van der Waals surface area (Å²) in [5, 5.41) is 3.65. The molecule has 1 rings (SSSR count). The van der Waals surface area contributed by atoms with Crippen molar-refractivity contribution < 1.29 is 13.5 Å². The third kappa shape index (κ3) is 5.62. The van der Waals surface area contributed by atoms with Crippen molar-refractivity contribution in [3.8, 4) is 5.75 Å². The monoisotopic (exact) mass is 278 g/mol. The summed E-state index contributed by atoms with van der Waals surface area (Å²) in [7, 11) is 3.93. The largest absolute Gasteiger partial charge is 0.434 e. The van der Waals surface area contributed by atoms with E-state index < -0.39 is 6.61 Å². The third-order valence-corrected chi connectivity index (χ3v) is 2.52. The molecule has 0 aromatic heterocycles. The van der Waals surface area contributed by atoms with Crippen LogP contribution in [-0.2, 0) is 6.54 Å². The molecule has 0 aliphatic carbocycles. The fourth-order valence-electron chi connectivity index (χ4n) is 1.42. The Morgan fingerprint density at radius 2 is 2.11 bits per heavy atom. The zero-order valence-electron chi connectivity index (χ0n) is 10.4. The number of benzene rings is 1. The molecule has 0 saturated carbocycles. The predicted octanol–water partition coefficient (Wildman–Crippen LogP) is 2.59. The summed E-state index contributed by atoms with van der Waals surface area (Å²) < 4.78 is 28.9. The summed E-state index contributed by atoms with van der Waals surface area (Å²) in [6.07, 6.45) is 0. The van der Waals surface area contributed by atoms with Crippen LogP contribution in [0.5, 0.6) is 5.75 Å². The van der Waals surface area contributed by atoms with E-state index in [1.165, 1.54) is 12.1 Å². The number of hydrogen-bond acceptors (Lipinski definition) is 3. The Bertz CT molecular complexity index is 375. The molecule has 0 amide bonds. The zero-order valence-corrected chi connectivity index (χ0v) is 11.2. The van der Waals surface area contributed by atoms with E-state index in [0.29, 0.717) is 17.1 Å². The molecule has 0 spiro atoms. The summed E-state index contributed by atoms with van der Waals surface area (Å²) in [6.45, 7) is -0.762. The van der Waals surface area contributed by atoms with E-state index in [4.69, 9.17) is 11.6 Å². The first-order chi connectivity index (χ1) is 8.49. The third-order valence-electron chi connectivity index (χ3n) is 2.29. The molecule has 1 aromatic carbocycles. The molecular formula is C12H17ClF2N2O. The number of rotatable bonds is 7. The van der Waals surface area contributed by atoms with Crippen molar-refractivity contribution in [2.45, 2.75) is 13.2 Å². The van der Waals surface area contributed by atoms with Crippen molar-refractivity contribution in [1.82, 2.24) is 10.2 Å². The average molecular weight is 279 g/mol. The standard InChI is InChI=1S/C12H17ClF2N2O/c1-17(2)6-5-16-8-9-7-10(13)3-4-11(9)18-12(14)15/h3-4,7,12,16H,5-6,8H2,1-2H3. The molecule has 102 valence electrons. The van der Waals surface area contributed by atoms with Crippen LogP contribution in [0.25, 0.3) is 0 Å². The quantitative estimate of drug-likeness (QED) is 0.776. The minimum Gasteiger partial charge on any atom is -0.434 e. The molecule has 0 bridgehead atoms. The van der Waals surface area contributed by atoms with E-state index >= 15 is 0 Å². The van der Waals surface area contributed by atoms with Crippen molar-refractivity contribution in [3.05, 3.63) is 28.8 Å². The van der Waals surface area contributed by atoms with Crippen LogP contribution >= 0.6 is 11.6 Å². The number of ether oxygens (including phenoxy) is 1. The highest BCUT2D eigenvalue weighted by molar-refractivity contribution is 6.30. The highest BCUT2D eigenvalue weighted by Crippen LogP contribution is 2.24. The average Bonchev–Trinajstić information content (AvgIpc) is 2.27. The molecule has 18 heavy (non-hydrogen) atoms. The van der Waals surface area contributed by atoms with Gasteiger partial charge in [-0.2, -0.15) is 8.78 Å². The molecule has 0 aliphatic rings. The van der Waals surface area contributed by atoms with Gasteiger partial charge in [-0.25, -0.2) is 0 Å². The summed E-state index contributed by atoms with van der Waals surface area (Å²) in [6, 6.07) is 4.61. The van der Waals surface area contributed by atoms with Gasteiger partial charge in [-0.15, -0.1) is 0 Å². The Morgan fingerprint density at radius 1 is 1.39 bits per heavy atom. The van der Waals surface area contributed by atoms with Gasteiger partial charge in [-0.3, -0.25) is 0 Å². The van der Waals surface area contributed by atoms with Crippen molar-refractivity contribution in [2.24, 2.45) is 0 Å². The number of alkyl halides is 2. The highest BCUT2D eigenvalue weighted by atomic mass is 35.5. The fourth-order valence-corrected chi connectivity index (χ4v) is 1.62. The second-order valence-corrected chi connectivity index (χ2v) is 4.55. The molecule has 0 aliphatic heterocycles. The topological polar surface area (TPSA) is 24.5 Å². The van der Waals surface area contributed by atoms with Gasteiger partial charge in [0.15, 0.2) is 0 Å². The Kier molecular flexibility index (Phi) is 6.32. The Hall–Kier alpha value is -0.910. The van der Waals surface area contributed by atoms with Gasteiger partial charge < -0.3 is 15.0 Å². The lowest BCUT2D eigenvalue weighted by molar-refractivity contribution is -0.0504. The number of nitrogens with one attached hydrogen (secondary N) is 1. The maximum absolute atomic E-state index is 12.2. The van der Waals surface area contributed by atoms with Crippen LogP contribution < -0.4 is 10.1 Å². The Balaban J connectivity index is 2.58. The molecule has 0 fully saturated rings. The van der Waals surface area contributed by atoms with E-state index in [1.807, 2.05) is 19.0 Å². The Morgan fingerprint density at radius 3 is 2.72 bits per heavy atom. The zero-order chi connectivity index (χ0) is 13.5. The number of halogens is 3. The van der Waals surface area contributed by atoms with Crippen LogP contribution in [0.1, 0.15) is 5.56 Å². The van der Waals surface area contributed by atoms with E-state index in [0.717, 1.165) is 13.1 Å². The normalized spacial score (nSPS) is 11.3. The maximum Gasteiger partial charge on any atom is 0.387 e. The minimum atomic E-state index is -2.83. The van der Waals surface area contributed by atoms with Crippen molar-refractivity contribution in [1.29, 1.82) is 0 Å². The molecule has 1 aromatic rings. The number of nitrogens with zero attached hydrogens (tertiary/aromatic N) is 1. The lowest BCUT2D eigenvalue weighted by atomic mass is 10.2. The number of hydrogen-bond donors (Lipinski definition) is 1. The van der Waals surface area contributed by atoms with Crippen molar-refractivity contribution >= 4 is 11.6 Å². The fraction of sp³-hybridized carbons (Fsp3) is 0.500. The highest BCUT2D eigenvalue weighted by Gasteiger charge is 2.09. The molecule has 0 heterocycles. The molecule has 0 atom stereocenters. The maximum atomic E-state index is 12.2. The van der Waals surface area contributed by atoms with Gasteiger partial charge in [0.25, 0.3) is 0 Å². The SMILES string of the molecule is CN(C)CCNCc1cc(Cl)ccc1OC(F)F. The van der Waals surface area contributed by atoms with E-state index in [2.05, 4.69) is 10.1 Å². The van der Waals surface area contributed by atoms with E-state index in [-0.39, 0.29) is 5.75 Å². The van der Waals surface area contributed by atoms with Crippen LogP contribution in [-0.4, -0.2) is 38.7 Å². The lowest BCUT2D eigenvalue weighted by Gasteiger charge is -2.13. The molecule has 0 saturated heterocycles. The first-order valence-corrected chi connectivity index (χ1v) is 5.95. The van der Waals surface area contributed by atoms with Gasteiger partial charge in [0.05, 0.1) is 0 Å². The first kappa shape index (κ1) is 15.1. The number of likely N-dealkylation sites (N-methyl/N-ethyl adjacent to an activating group) is 1. The lowest BCUT2D eigenvalue weighted by Crippen LogP contribution is -2.26. The van der Waals surface area contributed by atoms with E-state index in [9.17, 15) is 8.78 Å². The second kappa shape index (κ2) is 7.51. The minimum absolute atomic E-state index is 0.159. The van der Waals surface area contributed by atoms with Gasteiger partial charge in [-0.1, -0.05) is 11.6 Å². The first-order valence-electron chi connectivity index (χ1n) is 5.57. The molecule has 1 N–H and O–H groups in total. The van der Waals surface area contributed by atoms with Gasteiger partial charge in [0.1, 0.15) is 5.75 Å². The van der Waals surface area contributed by atoms with Crippen molar-refractivity contribution in [2.75, 3.05) is 27.2 Å². The molecular weight excluding hydrogens is 262 g/mol. The van der Waals surface area contributed by atoms with Gasteiger partial charge >= 0.3 is 6.61 Å². The molecule has 0 unspecified atom stereocenters. The smallest absolute Gasteiger partial charge is 0.387 e. The van der Waals surface area contributed by atoms with Crippen LogP contribution in [0.2, 0.25) is 5.02 Å². The van der Waals surface area contributed by atoms with Crippen LogP contribution in [0.4, 0.5) is 8.78 Å². The molecule has 3 nitrogen and oxygen atoms in total. The summed E-state index contributed by atoms with van der Waals surface area (Å²) in [5.41, 5.74) is 0.626. The summed E-state index contributed by atoms with van der Waals surface area (Å²) in [5.74, 6) is 0.159. The second-order valence-electron chi connectivity index (χ2n) is 4.11. The summed E-state index contributed by atoms with van der Waals surface area (Å²) in [4.78, 5) is 2.03.